The normalized spacial score (nSPS) is 12.2. The standard InChI is InChI=1S/C10H15N3O3S/c1-6(5-11)12(3)10(14)9-4-8(13(15)16)7(2)17-9/h4,6H,5,11H2,1-3H3. The second-order valence-electron chi connectivity index (χ2n) is 3.81. The maximum atomic E-state index is 12.0. The summed E-state index contributed by atoms with van der Waals surface area (Å²) in [5.41, 5.74) is 5.47. The van der Waals surface area contributed by atoms with Crippen molar-refractivity contribution in [2.45, 2.75) is 19.9 Å². The molecule has 0 saturated heterocycles. The van der Waals surface area contributed by atoms with E-state index in [4.69, 9.17) is 5.73 Å². The Bertz CT molecular complexity index is 444. The molecule has 1 atom stereocenters. The smallest absolute Gasteiger partial charge is 0.283 e. The van der Waals surface area contributed by atoms with Crippen LogP contribution >= 0.6 is 11.3 Å². The van der Waals surface area contributed by atoms with Crippen molar-refractivity contribution in [2.75, 3.05) is 13.6 Å². The van der Waals surface area contributed by atoms with E-state index in [9.17, 15) is 14.9 Å². The molecule has 1 unspecified atom stereocenters. The lowest BCUT2D eigenvalue weighted by molar-refractivity contribution is -0.385. The zero-order valence-corrected chi connectivity index (χ0v) is 10.8. The van der Waals surface area contributed by atoms with Crippen LogP contribution in [0, 0.1) is 17.0 Å². The molecule has 0 radical (unpaired) electrons. The van der Waals surface area contributed by atoms with E-state index in [-0.39, 0.29) is 17.6 Å². The monoisotopic (exact) mass is 257 g/mol. The van der Waals surface area contributed by atoms with Crippen LogP contribution in [-0.2, 0) is 0 Å². The molecule has 0 spiro atoms. The lowest BCUT2D eigenvalue weighted by Crippen LogP contribution is -2.39. The lowest BCUT2D eigenvalue weighted by Gasteiger charge is -2.22. The van der Waals surface area contributed by atoms with Crippen LogP contribution in [-0.4, -0.2) is 35.4 Å². The number of amides is 1. The Morgan fingerprint density at radius 1 is 1.71 bits per heavy atom. The van der Waals surface area contributed by atoms with Crippen molar-refractivity contribution in [1.82, 2.24) is 4.90 Å². The highest BCUT2D eigenvalue weighted by Gasteiger charge is 2.23. The highest BCUT2D eigenvalue weighted by atomic mass is 32.1. The SMILES string of the molecule is Cc1sc(C(=O)N(C)C(C)CN)cc1[N+](=O)[O-]. The van der Waals surface area contributed by atoms with Gasteiger partial charge in [0.2, 0.25) is 0 Å². The molecule has 0 aliphatic heterocycles. The molecule has 0 aliphatic carbocycles. The van der Waals surface area contributed by atoms with Crippen molar-refractivity contribution in [3.05, 3.63) is 25.9 Å². The molecule has 1 amide bonds. The highest BCUT2D eigenvalue weighted by molar-refractivity contribution is 7.14. The molecule has 7 heteroatoms. The van der Waals surface area contributed by atoms with Crippen LogP contribution in [0.4, 0.5) is 5.69 Å². The van der Waals surface area contributed by atoms with E-state index >= 15 is 0 Å². The molecular weight excluding hydrogens is 242 g/mol. The fourth-order valence-electron chi connectivity index (χ4n) is 1.29. The first kappa shape index (κ1) is 13.6. The van der Waals surface area contributed by atoms with E-state index in [0.29, 0.717) is 16.3 Å². The number of nitrogens with two attached hydrogens (primary N) is 1. The molecule has 1 aromatic heterocycles. The summed E-state index contributed by atoms with van der Waals surface area (Å²) in [6.45, 7) is 3.81. The summed E-state index contributed by atoms with van der Waals surface area (Å²) in [5, 5.41) is 10.7. The summed E-state index contributed by atoms with van der Waals surface area (Å²) in [7, 11) is 1.64. The topological polar surface area (TPSA) is 89.5 Å². The van der Waals surface area contributed by atoms with Gasteiger partial charge in [-0.2, -0.15) is 0 Å². The van der Waals surface area contributed by atoms with Crippen LogP contribution in [0.25, 0.3) is 0 Å². The summed E-state index contributed by atoms with van der Waals surface area (Å²) in [5.74, 6) is -0.232. The first-order valence-electron chi connectivity index (χ1n) is 5.10. The molecule has 0 saturated carbocycles. The summed E-state index contributed by atoms with van der Waals surface area (Å²) in [4.78, 5) is 24.6. The molecule has 94 valence electrons. The number of nitro groups is 1. The predicted molar refractivity (Wildman–Crippen MR) is 66.3 cm³/mol. The van der Waals surface area contributed by atoms with E-state index in [1.54, 1.807) is 14.0 Å². The number of rotatable bonds is 4. The zero-order valence-electron chi connectivity index (χ0n) is 9.97. The molecule has 0 aliphatic rings. The third-order valence-electron chi connectivity index (χ3n) is 2.62. The lowest BCUT2D eigenvalue weighted by atomic mass is 10.2. The molecule has 1 heterocycles. The van der Waals surface area contributed by atoms with Gasteiger partial charge < -0.3 is 10.6 Å². The minimum Gasteiger partial charge on any atom is -0.337 e. The summed E-state index contributed by atoms with van der Waals surface area (Å²) in [6, 6.07) is 1.23. The van der Waals surface area contributed by atoms with E-state index in [0.717, 1.165) is 11.3 Å². The molecule has 2 N–H and O–H groups in total. The maximum absolute atomic E-state index is 12.0. The molecule has 0 fully saturated rings. The van der Waals surface area contributed by atoms with Gasteiger partial charge in [-0.25, -0.2) is 0 Å². The fraction of sp³-hybridized carbons (Fsp3) is 0.500. The molecule has 0 aromatic carbocycles. The second kappa shape index (κ2) is 5.24. The van der Waals surface area contributed by atoms with Crippen LogP contribution in [0.5, 0.6) is 0 Å². The second-order valence-corrected chi connectivity index (χ2v) is 5.07. The van der Waals surface area contributed by atoms with Gasteiger partial charge in [-0.1, -0.05) is 0 Å². The van der Waals surface area contributed by atoms with Gasteiger partial charge in [0, 0.05) is 25.7 Å². The number of likely N-dealkylation sites (N-methyl/N-ethyl adjacent to an activating group) is 1. The number of hydrogen-bond acceptors (Lipinski definition) is 5. The first-order chi connectivity index (χ1) is 7.88. The van der Waals surface area contributed by atoms with E-state index in [1.165, 1.54) is 11.0 Å². The number of hydrogen-bond donors (Lipinski definition) is 1. The van der Waals surface area contributed by atoms with Crippen LogP contribution in [0.15, 0.2) is 6.07 Å². The Labute approximate surface area is 103 Å². The first-order valence-corrected chi connectivity index (χ1v) is 5.92. The van der Waals surface area contributed by atoms with Gasteiger partial charge in [-0.3, -0.25) is 14.9 Å². The Hall–Kier alpha value is -1.47. The van der Waals surface area contributed by atoms with Crippen LogP contribution in [0.2, 0.25) is 0 Å². The number of nitrogens with zero attached hydrogens (tertiary/aromatic N) is 2. The summed E-state index contributed by atoms with van der Waals surface area (Å²) in [6.07, 6.45) is 0. The minimum atomic E-state index is -0.477. The fourth-order valence-corrected chi connectivity index (χ4v) is 2.26. The highest BCUT2D eigenvalue weighted by Crippen LogP contribution is 2.28. The molecule has 1 aromatic rings. The molecular formula is C10H15N3O3S. The van der Waals surface area contributed by atoms with Crippen molar-refractivity contribution in [1.29, 1.82) is 0 Å². The molecule has 17 heavy (non-hydrogen) atoms. The predicted octanol–water partition coefficient (Wildman–Crippen LogP) is 1.38. The summed E-state index contributed by atoms with van der Waals surface area (Å²) >= 11 is 1.13. The van der Waals surface area contributed by atoms with Crippen LogP contribution < -0.4 is 5.73 Å². The number of carbonyl (C=O) groups excluding carboxylic acids is 1. The maximum Gasteiger partial charge on any atom is 0.283 e. The van der Waals surface area contributed by atoms with Crippen molar-refractivity contribution in [3.8, 4) is 0 Å². The zero-order chi connectivity index (χ0) is 13.2. The Morgan fingerprint density at radius 3 is 2.71 bits per heavy atom. The van der Waals surface area contributed by atoms with Gasteiger partial charge in [-0.15, -0.1) is 11.3 Å². The average molecular weight is 257 g/mol. The van der Waals surface area contributed by atoms with E-state index in [1.807, 2.05) is 6.92 Å². The Balaban J connectivity index is 2.97. The quantitative estimate of drug-likeness (QED) is 0.652. The van der Waals surface area contributed by atoms with Gasteiger partial charge >= 0.3 is 0 Å². The van der Waals surface area contributed by atoms with Gasteiger partial charge in [0.15, 0.2) is 0 Å². The van der Waals surface area contributed by atoms with Crippen LogP contribution in [0.1, 0.15) is 21.5 Å². The summed E-state index contributed by atoms with van der Waals surface area (Å²) < 4.78 is 0. The van der Waals surface area contributed by atoms with Gasteiger partial charge in [-0.05, 0) is 13.8 Å². The third kappa shape index (κ3) is 2.80. The van der Waals surface area contributed by atoms with Crippen molar-refractivity contribution in [3.63, 3.8) is 0 Å². The van der Waals surface area contributed by atoms with Crippen molar-refractivity contribution >= 4 is 22.9 Å². The largest absolute Gasteiger partial charge is 0.337 e. The molecule has 6 nitrogen and oxygen atoms in total. The minimum absolute atomic E-state index is 0.00727. The number of thiophene rings is 1. The number of aryl methyl sites for hydroxylation is 1. The Kier molecular flexibility index (Phi) is 4.19. The van der Waals surface area contributed by atoms with E-state index in [2.05, 4.69) is 0 Å². The van der Waals surface area contributed by atoms with Gasteiger partial charge in [0.05, 0.1) is 14.7 Å². The van der Waals surface area contributed by atoms with Crippen LogP contribution in [0.3, 0.4) is 0 Å². The molecule has 1 rings (SSSR count). The third-order valence-corrected chi connectivity index (χ3v) is 3.65. The van der Waals surface area contributed by atoms with Crippen molar-refractivity contribution in [2.24, 2.45) is 5.73 Å². The van der Waals surface area contributed by atoms with Gasteiger partial charge in [0.25, 0.3) is 11.6 Å². The number of carbonyl (C=O) groups is 1. The average Bonchev–Trinajstić information content (AvgIpc) is 2.68. The Morgan fingerprint density at radius 2 is 2.29 bits per heavy atom. The molecule has 0 bridgehead atoms. The van der Waals surface area contributed by atoms with E-state index < -0.39 is 4.92 Å². The van der Waals surface area contributed by atoms with Gasteiger partial charge in [0.1, 0.15) is 0 Å². The van der Waals surface area contributed by atoms with Crippen molar-refractivity contribution < 1.29 is 9.72 Å².